The molecule has 3 rings (SSSR count). The van der Waals surface area contributed by atoms with E-state index < -0.39 is 5.82 Å². The van der Waals surface area contributed by atoms with Crippen molar-refractivity contribution in [3.63, 3.8) is 0 Å². The van der Waals surface area contributed by atoms with Gasteiger partial charge in [-0.05, 0) is 31.2 Å². The van der Waals surface area contributed by atoms with Gasteiger partial charge in [-0.2, -0.15) is 0 Å². The van der Waals surface area contributed by atoms with Crippen molar-refractivity contribution in [1.29, 1.82) is 0 Å². The highest BCUT2D eigenvalue weighted by molar-refractivity contribution is 6.04. The van der Waals surface area contributed by atoms with Gasteiger partial charge in [-0.15, -0.1) is 0 Å². The highest BCUT2D eigenvalue weighted by Gasteiger charge is 2.09. The summed E-state index contributed by atoms with van der Waals surface area (Å²) < 4.78 is 18.1. The van der Waals surface area contributed by atoms with Crippen LogP contribution in [0, 0.1) is 12.7 Å². The Kier molecular flexibility index (Phi) is 4.01. The van der Waals surface area contributed by atoms with E-state index in [9.17, 15) is 9.18 Å². The Labute approximate surface area is 131 Å². The standard InChI is InChI=1S/C16H13FN4O2/c1-10-5-15(21-23-10)19-14-6-11(8-18-9-14)16(22)20-13-4-2-3-12(17)7-13/h2-9H,1H3,(H,19,21)(H,20,22). The van der Waals surface area contributed by atoms with Crippen molar-refractivity contribution in [2.45, 2.75) is 6.92 Å². The predicted octanol–water partition coefficient (Wildman–Crippen LogP) is 3.51. The molecule has 0 atom stereocenters. The number of carbonyl (C=O) groups excluding carboxylic acids is 1. The molecular formula is C16H13FN4O2. The van der Waals surface area contributed by atoms with Crippen LogP contribution in [0.15, 0.2) is 53.3 Å². The van der Waals surface area contributed by atoms with Gasteiger partial charge >= 0.3 is 0 Å². The van der Waals surface area contributed by atoms with Crippen molar-refractivity contribution in [2.75, 3.05) is 10.6 Å². The van der Waals surface area contributed by atoms with Gasteiger partial charge in [0.2, 0.25) is 0 Å². The van der Waals surface area contributed by atoms with E-state index in [2.05, 4.69) is 20.8 Å². The van der Waals surface area contributed by atoms with Crippen LogP contribution in [0.2, 0.25) is 0 Å². The van der Waals surface area contributed by atoms with E-state index in [4.69, 9.17) is 4.52 Å². The Balaban J connectivity index is 1.75. The maximum atomic E-state index is 13.1. The van der Waals surface area contributed by atoms with Crippen molar-refractivity contribution in [1.82, 2.24) is 10.1 Å². The maximum absolute atomic E-state index is 13.1. The number of pyridine rings is 1. The summed E-state index contributed by atoms with van der Waals surface area (Å²) in [6.07, 6.45) is 2.98. The first kappa shape index (κ1) is 14.7. The average Bonchev–Trinajstić information content (AvgIpc) is 2.92. The van der Waals surface area contributed by atoms with Gasteiger partial charge in [0.1, 0.15) is 11.6 Å². The number of carbonyl (C=O) groups is 1. The van der Waals surface area contributed by atoms with E-state index in [-0.39, 0.29) is 5.91 Å². The molecule has 0 saturated carbocycles. The van der Waals surface area contributed by atoms with E-state index >= 15 is 0 Å². The second-order valence-electron chi connectivity index (χ2n) is 4.87. The Morgan fingerprint density at radius 1 is 1.17 bits per heavy atom. The molecule has 1 aromatic carbocycles. The molecule has 0 bridgehead atoms. The Hall–Kier alpha value is -3.22. The zero-order chi connectivity index (χ0) is 16.2. The molecule has 7 heteroatoms. The minimum Gasteiger partial charge on any atom is -0.360 e. The summed E-state index contributed by atoms with van der Waals surface area (Å²) in [6.45, 7) is 1.78. The van der Waals surface area contributed by atoms with Gasteiger partial charge in [0, 0.05) is 18.0 Å². The topological polar surface area (TPSA) is 80.0 Å². The van der Waals surface area contributed by atoms with Gasteiger partial charge in [-0.1, -0.05) is 11.2 Å². The first-order valence-electron chi connectivity index (χ1n) is 6.82. The van der Waals surface area contributed by atoms with E-state index in [0.717, 1.165) is 0 Å². The molecule has 0 spiro atoms. The number of aromatic nitrogens is 2. The smallest absolute Gasteiger partial charge is 0.257 e. The van der Waals surface area contributed by atoms with E-state index in [1.165, 1.54) is 24.4 Å². The van der Waals surface area contributed by atoms with Crippen molar-refractivity contribution in [2.24, 2.45) is 0 Å². The normalized spacial score (nSPS) is 10.3. The number of halogens is 1. The third-order valence-electron chi connectivity index (χ3n) is 2.98. The highest BCUT2D eigenvalue weighted by Crippen LogP contribution is 2.17. The number of aryl methyl sites for hydroxylation is 1. The van der Waals surface area contributed by atoms with Gasteiger partial charge in [-0.25, -0.2) is 4.39 Å². The molecule has 0 fully saturated rings. The molecule has 0 aliphatic rings. The molecule has 0 aliphatic carbocycles. The number of rotatable bonds is 4. The molecular weight excluding hydrogens is 299 g/mol. The summed E-state index contributed by atoms with van der Waals surface area (Å²) in [6, 6.07) is 9.02. The molecule has 0 radical (unpaired) electrons. The SMILES string of the molecule is Cc1cc(Nc2cncc(C(=O)Nc3cccc(F)c3)c2)no1. The van der Waals surface area contributed by atoms with Crippen LogP contribution < -0.4 is 10.6 Å². The van der Waals surface area contributed by atoms with Gasteiger partial charge in [0.25, 0.3) is 5.91 Å². The van der Waals surface area contributed by atoms with Crippen LogP contribution >= 0.6 is 0 Å². The quantitative estimate of drug-likeness (QED) is 0.770. The van der Waals surface area contributed by atoms with Crippen molar-refractivity contribution in [3.8, 4) is 0 Å². The Morgan fingerprint density at radius 3 is 2.78 bits per heavy atom. The van der Waals surface area contributed by atoms with E-state index in [0.29, 0.717) is 28.5 Å². The van der Waals surface area contributed by atoms with Crippen LogP contribution in [0.1, 0.15) is 16.1 Å². The fourth-order valence-electron chi connectivity index (χ4n) is 1.98. The van der Waals surface area contributed by atoms with Crippen molar-refractivity contribution < 1.29 is 13.7 Å². The third-order valence-corrected chi connectivity index (χ3v) is 2.98. The predicted molar refractivity (Wildman–Crippen MR) is 83.1 cm³/mol. The lowest BCUT2D eigenvalue weighted by molar-refractivity contribution is 0.102. The second kappa shape index (κ2) is 6.27. The average molecular weight is 312 g/mol. The summed E-state index contributed by atoms with van der Waals surface area (Å²) in [4.78, 5) is 16.2. The molecule has 2 heterocycles. The summed E-state index contributed by atoms with van der Waals surface area (Å²) >= 11 is 0. The zero-order valence-corrected chi connectivity index (χ0v) is 12.2. The number of hydrogen-bond acceptors (Lipinski definition) is 5. The van der Waals surface area contributed by atoms with Gasteiger partial charge in [-0.3, -0.25) is 9.78 Å². The van der Waals surface area contributed by atoms with Gasteiger partial charge in [0.15, 0.2) is 5.82 Å². The Bertz CT molecular complexity index is 847. The van der Waals surface area contributed by atoms with Gasteiger partial charge in [0.05, 0.1) is 17.4 Å². The summed E-state index contributed by atoms with van der Waals surface area (Å²) in [5, 5.41) is 9.41. The first-order chi connectivity index (χ1) is 11.1. The molecule has 2 N–H and O–H groups in total. The largest absolute Gasteiger partial charge is 0.360 e. The molecule has 116 valence electrons. The molecule has 0 unspecified atom stereocenters. The zero-order valence-electron chi connectivity index (χ0n) is 12.2. The molecule has 23 heavy (non-hydrogen) atoms. The lowest BCUT2D eigenvalue weighted by Crippen LogP contribution is -2.12. The molecule has 2 aromatic heterocycles. The molecule has 1 amide bonds. The lowest BCUT2D eigenvalue weighted by atomic mass is 10.2. The van der Waals surface area contributed by atoms with E-state index in [1.54, 1.807) is 31.3 Å². The summed E-state index contributed by atoms with van der Waals surface area (Å²) in [5.74, 6) is 0.383. The van der Waals surface area contributed by atoms with Crippen molar-refractivity contribution >= 4 is 23.1 Å². The number of anilines is 3. The minimum absolute atomic E-state index is 0.333. The maximum Gasteiger partial charge on any atom is 0.257 e. The molecule has 0 saturated heterocycles. The molecule has 6 nitrogen and oxygen atoms in total. The summed E-state index contributed by atoms with van der Waals surface area (Å²) in [7, 11) is 0. The molecule has 0 aliphatic heterocycles. The minimum atomic E-state index is -0.419. The Morgan fingerprint density at radius 2 is 2.04 bits per heavy atom. The van der Waals surface area contributed by atoms with Crippen LogP contribution in [-0.4, -0.2) is 16.0 Å². The van der Waals surface area contributed by atoms with Crippen LogP contribution in [-0.2, 0) is 0 Å². The monoisotopic (exact) mass is 312 g/mol. The second-order valence-corrected chi connectivity index (χ2v) is 4.87. The van der Waals surface area contributed by atoms with Crippen LogP contribution in [0.3, 0.4) is 0 Å². The summed E-state index contributed by atoms with van der Waals surface area (Å²) in [5.41, 5.74) is 1.30. The first-order valence-corrected chi connectivity index (χ1v) is 6.82. The number of nitrogens with zero attached hydrogens (tertiary/aromatic N) is 2. The number of hydrogen-bond donors (Lipinski definition) is 2. The number of amides is 1. The van der Waals surface area contributed by atoms with Crippen molar-refractivity contribution in [3.05, 3.63) is 65.9 Å². The molecule has 3 aromatic rings. The highest BCUT2D eigenvalue weighted by atomic mass is 19.1. The van der Waals surface area contributed by atoms with Crippen LogP contribution in [0.5, 0.6) is 0 Å². The number of nitrogens with one attached hydrogen (secondary N) is 2. The van der Waals surface area contributed by atoms with E-state index in [1.807, 2.05) is 0 Å². The number of benzene rings is 1. The fraction of sp³-hybridized carbons (Fsp3) is 0.0625. The lowest BCUT2D eigenvalue weighted by Gasteiger charge is -2.07. The third kappa shape index (κ3) is 3.70. The van der Waals surface area contributed by atoms with Crippen LogP contribution in [0.4, 0.5) is 21.6 Å². The van der Waals surface area contributed by atoms with Gasteiger partial charge < -0.3 is 15.2 Å². The van der Waals surface area contributed by atoms with Crippen LogP contribution in [0.25, 0.3) is 0 Å². The fourth-order valence-corrected chi connectivity index (χ4v) is 1.98.